The molecule has 0 aromatic heterocycles. The Bertz CT molecular complexity index is 501. The van der Waals surface area contributed by atoms with Gasteiger partial charge in [0.15, 0.2) is 0 Å². The van der Waals surface area contributed by atoms with Crippen LogP contribution in [0.2, 0.25) is 0 Å². The summed E-state index contributed by atoms with van der Waals surface area (Å²) in [5, 5.41) is 6.48. The summed E-state index contributed by atoms with van der Waals surface area (Å²) < 4.78 is 0. The van der Waals surface area contributed by atoms with Crippen molar-refractivity contribution in [2.75, 3.05) is 25.5 Å². The van der Waals surface area contributed by atoms with Crippen molar-refractivity contribution >= 4 is 11.6 Å². The van der Waals surface area contributed by atoms with E-state index in [4.69, 9.17) is 0 Å². The highest BCUT2D eigenvalue weighted by atomic mass is 16.1. The van der Waals surface area contributed by atoms with Crippen LogP contribution in [0.4, 0.5) is 5.69 Å². The van der Waals surface area contributed by atoms with Gasteiger partial charge in [0.05, 0.1) is 5.56 Å². The Morgan fingerprint density at radius 2 is 2.19 bits per heavy atom. The molecule has 0 saturated carbocycles. The van der Waals surface area contributed by atoms with Crippen LogP contribution in [0.1, 0.15) is 42.6 Å². The Morgan fingerprint density at radius 3 is 2.86 bits per heavy atom. The first-order valence-corrected chi connectivity index (χ1v) is 7.87. The summed E-state index contributed by atoms with van der Waals surface area (Å²) in [7, 11) is 2.14. The minimum Gasteiger partial charge on any atom is -0.385 e. The van der Waals surface area contributed by atoms with Crippen LogP contribution in [0.5, 0.6) is 0 Å². The molecule has 4 nitrogen and oxygen atoms in total. The first-order valence-electron chi connectivity index (χ1n) is 7.87. The van der Waals surface area contributed by atoms with Crippen molar-refractivity contribution in [3.05, 3.63) is 29.3 Å². The van der Waals surface area contributed by atoms with Crippen molar-refractivity contribution in [3.8, 4) is 0 Å². The van der Waals surface area contributed by atoms with Gasteiger partial charge >= 0.3 is 0 Å². The van der Waals surface area contributed by atoms with Crippen LogP contribution in [-0.2, 0) is 0 Å². The van der Waals surface area contributed by atoms with Gasteiger partial charge in [0.1, 0.15) is 0 Å². The first kappa shape index (κ1) is 15.8. The van der Waals surface area contributed by atoms with Crippen molar-refractivity contribution in [1.29, 1.82) is 0 Å². The van der Waals surface area contributed by atoms with E-state index in [2.05, 4.69) is 29.5 Å². The molecule has 116 valence electrons. The van der Waals surface area contributed by atoms with Gasteiger partial charge in [0, 0.05) is 30.9 Å². The van der Waals surface area contributed by atoms with Crippen LogP contribution >= 0.6 is 0 Å². The SMILES string of the molecule is CCNc1cc(C)ccc1C(=O)NC1CCN(C)C(C)C1. The molecular formula is C17H27N3O. The van der Waals surface area contributed by atoms with E-state index in [-0.39, 0.29) is 11.9 Å². The summed E-state index contributed by atoms with van der Waals surface area (Å²) in [6.45, 7) is 8.16. The second kappa shape index (κ2) is 6.94. The Kier molecular flexibility index (Phi) is 5.23. The predicted molar refractivity (Wildman–Crippen MR) is 87.9 cm³/mol. The highest BCUT2D eigenvalue weighted by molar-refractivity contribution is 5.99. The van der Waals surface area contributed by atoms with Crippen molar-refractivity contribution in [1.82, 2.24) is 10.2 Å². The van der Waals surface area contributed by atoms with E-state index in [0.29, 0.717) is 6.04 Å². The highest BCUT2D eigenvalue weighted by Gasteiger charge is 2.24. The van der Waals surface area contributed by atoms with Crippen molar-refractivity contribution in [2.24, 2.45) is 0 Å². The summed E-state index contributed by atoms with van der Waals surface area (Å²) in [6.07, 6.45) is 2.04. The molecule has 1 fully saturated rings. The largest absolute Gasteiger partial charge is 0.385 e. The number of rotatable bonds is 4. The zero-order valence-electron chi connectivity index (χ0n) is 13.6. The van der Waals surface area contributed by atoms with Gasteiger partial charge in [-0.15, -0.1) is 0 Å². The molecule has 21 heavy (non-hydrogen) atoms. The quantitative estimate of drug-likeness (QED) is 0.895. The number of piperidine rings is 1. The number of hydrogen-bond acceptors (Lipinski definition) is 3. The molecule has 0 radical (unpaired) electrons. The van der Waals surface area contributed by atoms with Crippen LogP contribution in [0, 0.1) is 6.92 Å². The zero-order valence-corrected chi connectivity index (χ0v) is 13.6. The van der Waals surface area contributed by atoms with Gasteiger partial charge in [-0.25, -0.2) is 0 Å². The molecule has 1 amide bonds. The summed E-state index contributed by atoms with van der Waals surface area (Å²) in [5.74, 6) is 0.0349. The standard InChI is InChI=1S/C17H27N3O/c1-5-18-16-10-12(2)6-7-15(16)17(21)19-14-8-9-20(4)13(3)11-14/h6-7,10,13-14,18H,5,8-9,11H2,1-4H3,(H,19,21). The molecule has 0 aliphatic carbocycles. The average Bonchev–Trinajstić information content (AvgIpc) is 2.43. The number of likely N-dealkylation sites (tertiary alicyclic amines) is 1. The third-order valence-corrected chi connectivity index (χ3v) is 4.33. The zero-order chi connectivity index (χ0) is 15.4. The molecule has 0 bridgehead atoms. The molecule has 1 aromatic carbocycles. The summed E-state index contributed by atoms with van der Waals surface area (Å²) in [5.41, 5.74) is 2.83. The summed E-state index contributed by atoms with van der Waals surface area (Å²) in [6, 6.07) is 6.75. The number of carbonyl (C=O) groups is 1. The maximum atomic E-state index is 12.5. The summed E-state index contributed by atoms with van der Waals surface area (Å²) >= 11 is 0. The maximum Gasteiger partial charge on any atom is 0.253 e. The molecule has 1 aliphatic heterocycles. The Labute approximate surface area is 127 Å². The van der Waals surface area contributed by atoms with Crippen molar-refractivity contribution < 1.29 is 4.79 Å². The third kappa shape index (κ3) is 3.97. The molecule has 0 spiro atoms. The van der Waals surface area contributed by atoms with E-state index in [1.165, 1.54) is 0 Å². The number of nitrogens with one attached hydrogen (secondary N) is 2. The number of anilines is 1. The molecule has 4 heteroatoms. The van der Waals surface area contributed by atoms with Gasteiger partial charge in [0.2, 0.25) is 0 Å². The lowest BCUT2D eigenvalue weighted by atomic mass is 9.98. The minimum atomic E-state index is 0.0349. The number of hydrogen-bond donors (Lipinski definition) is 2. The minimum absolute atomic E-state index is 0.0349. The Hall–Kier alpha value is -1.55. The lowest BCUT2D eigenvalue weighted by molar-refractivity contribution is 0.0897. The molecule has 2 N–H and O–H groups in total. The van der Waals surface area contributed by atoms with Crippen LogP contribution in [-0.4, -0.2) is 43.0 Å². The lowest BCUT2D eigenvalue weighted by Crippen LogP contribution is -2.47. The Morgan fingerprint density at radius 1 is 1.43 bits per heavy atom. The van der Waals surface area contributed by atoms with Gasteiger partial charge in [0.25, 0.3) is 5.91 Å². The average molecular weight is 289 g/mol. The molecule has 1 aliphatic rings. The maximum absolute atomic E-state index is 12.5. The number of nitrogens with zero attached hydrogens (tertiary/aromatic N) is 1. The molecule has 2 rings (SSSR count). The number of carbonyl (C=O) groups excluding carboxylic acids is 1. The second-order valence-electron chi connectivity index (χ2n) is 6.10. The number of benzene rings is 1. The lowest BCUT2D eigenvalue weighted by Gasteiger charge is -2.35. The smallest absolute Gasteiger partial charge is 0.253 e. The topological polar surface area (TPSA) is 44.4 Å². The number of amides is 1. The monoisotopic (exact) mass is 289 g/mol. The number of aryl methyl sites for hydroxylation is 1. The van der Waals surface area contributed by atoms with E-state index < -0.39 is 0 Å². The third-order valence-electron chi connectivity index (χ3n) is 4.33. The van der Waals surface area contributed by atoms with Crippen molar-refractivity contribution in [2.45, 2.75) is 45.7 Å². The molecule has 2 atom stereocenters. The summed E-state index contributed by atoms with van der Waals surface area (Å²) in [4.78, 5) is 14.9. The molecule has 1 saturated heterocycles. The molecule has 1 aromatic rings. The predicted octanol–water partition coefficient (Wildman–Crippen LogP) is 2.64. The molecule has 1 heterocycles. The van der Waals surface area contributed by atoms with Gasteiger partial charge in [-0.1, -0.05) is 6.07 Å². The van der Waals surface area contributed by atoms with Crippen LogP contribution in [0.25, 0.3) is 0 Å². The van der Waals surface area contributed by atoms with Crippen LogP contribution < -0.4 is 10.6 Å². The fourth-order valence-corrected chi connectivity index (χ4v) is 2.88. The Balaban J connectivity index is 2.06. The highest BCUT2D eigenvalue weighted by Crippen LogP contribution is 2.20. The van der Waals surface area contributed by atoms with E-state index in [1.807, 2.05) is 32.0 Å². The van der Waals surface area contributed by atoms with E-state index in [1.54, 1.807) is 0 Å². The normalized spacial score (nSPS) is 22.9. The van der Waals surface area contributed by atoms with E-state index >= 15 is 0 Å². The van der Waals surface area contributed by atoms with E-state index in [0.717, 1.165) is 42.7 Å². The van der Waals surface area contributed by atoms with Gasteiger partial charge in [-0.2, -0.15) is 0 Å². The van der Waals surface area contributed by atoms with Crippen molar-refractivity contribution in [3.63, 3.8) is 0 Å². The fraction of sp³-hybridized carbons (Fsp3) is 0.588. The van der Waals surface area contributed by atoms with Crippen LogP contribution in [0.3, 0.4) is 0 Å². The van der Waals surface area contributed by atoms with Crippen LogP contribution in [0.15, 0.2) is 18.2 Å². The fourth-order valence-electron chi connectivity index (χ4n) is 2.88. The van der Waals surface area contributed by atoms with Gasteiger partial charge in [-0.05, 0) is 58.4 Å². The molecule has 2 unspecified atom stereocenters. The first-order chi connectivity index (χ1) is 10.0. The van der Waals surface area contributed by atoms with Gasteiger partial charge in [-0.3, -0.25) is 4.79 Å². The molecular weight excluding hydrogens is 262 g/mol. The second-order valence-corrected chi connectivity index (χ2v) is 6.10. The van der Waals surface area contributed by atoms with Gasteiger partial charge < -0.3 is 15.5 Å². The van der Waals surface area contributed by atoms with E-state index in [9.17, 15) is 4.79 Å².